The Kier molecular flexibility index (Phi) is 7.50. The molecule has 178 valence electrons. The van der Waals surface area contributed by atoms with Gasteiger partial charge in [0.05, 0.1) is 19.8 Å². The smallest absolute Gasteiger partial charge is 0.337 e. The first kappa shape index (κ1) is 24.7. The standard InChI is InChI=1S/C26H29N3O5/c1-17(30)13-15-29-22-11-10-20(33-4)16-21(22)26(2,3)23(29)12-14-27-28-24(31)18-6-8-19(9-7-18)25(32)34-5/h6-12,14,16H,13,15H2,1-5H3,(H,28,31)/b23-12-,27-14+. The van der Waals surface area contributed by atoms with Gasteiger partial charge in [0.2, 0.25) is 0 Å². The monoisotopic (exact) mass is 463 g/mol. The molecule has 0 unspecified atom stereocenters. The number of ketones is 1. The maximum Gasteiger partial charge on any atom is 0.337 e. The summed E-state index contributed by atoms with van der Waals surface area (Å²) in [6.07, 6.45) is 3.78. The summed E-state index contributed by atoms with van der Waals surface area (Å²) in [6, 6.07) is 12.0. The molecule has 0 aliphatic carbocycles. The van der Waals surface area contributed by atoms with Gasteiger partial charge in [0.1, 0.15) is 11.5 Å². The number of amides is 1. The fourth-order valence-corrected chi connectivity index (χ4v) is 3.94. The molecule has 2 aromatic rings. The number of carbonyl (C=O) groups excluding carboxylic acids is 3. The first-order chi connectivity index (χ1) is 16.2. The molecule has 8 heteroatoms. The summed E-state index contributed by atoms with van der Waals surface area (Å²) in [5, 5.41) is 4.07. The summed E-state index contributed by atoms with van der Waals surface area (Å²) >= 11 is 0. The Morgan fingerprint density at radius 2 is 1.74 bits per heavy atom. The van der Waals surface area contributed by atoms with Gasteiger partial charge in [-0.3, -0.25) is 9.59 Å². The zero-order valence-corrected chi connectivity index (χ0v) is 20.0. The highest BCUT2D eigenvalue weighted by Gasteiger charge is 2.40. The van der Waals surface area contributed by atoms with Gasteiger partial charge in [-0.15, -0.1) is 0 Å². The fourth-order valence-electron chi connectivity index (χ4n) is 3.94. The van der Waals surface area contributed by atoms with Crippen LogP contribution in [0.5, 0.6) is 5.75 Å². The number of Topliss-reactive ketones (excluding diaryl/α,β-unsaturated/α-hetero) is 1. The van der Waals surface area contributed by atoms with E-state index in [-0.39, 0.29) is 11.2 Å². The fraction of sp³-hybridized carbons (Fsp3) is 0.308. The van der Waals surface area contributed by atoms with Crippen LogP contribution in [0.3, 0.4) is 0 Å². The number of allylic oxidation sites excluding steroid dienone is 2. The number of rotatable bonds is 8. The van der Waals surface area contributed by atoms with Gasteiger partial charge >= 0.3 is 5.97 Å². The zero-order valence-electron chi connectivity index (χ0n) is 20.0. The van der Waals surface area contributed by atoms with Crippen LogP contribution < -0.4 is 15.1 Å². The Balaban J connectivity index is 1.79. The highest BCUT2D eigenvalue weighted by molar-refractivity contribution is 5.96. The van der Waals surface area contributed by atoms with E-state index in [1.54, 1.807) is 14.0 Å². The first-order valence-corrected chi connectivity index (χ1v) is 10.9. The molecule has 8 nitrogen and oxygen atoms in total. The maximum absolute atomic E-state index is 12.4. The largest absolute Gasteiger partial charge is 0.497 e. The highest BCUT2D eigenvalue weighted by atomic mass is 16.5. The number of fused-ring (bicyclic) bond motifs is 1. The molecule has 34 heavy (non-hydrogen) atoms. The van der Waals surface area contributed by atoms with Gasteiger partial charge in [0.25, 0.3) is 5.91 Å². The number of hydrogen-bond acceptors (Lipinski definition) is 7. The minimum atomic E-state index is -0.469. The predicted octanol–water partition coefficient (Wildman–Crippen LogP) is 3.86. The third-order valence-corrected chi connectivity index (χ3v) is 5.83. The van der Waals surface area contributed by atoms with E-state index < -0.39 is 11.9 Å². The molecule has 0 atom stereocenters. The molecule has 0 aromatic heterocycles. The van der Waals surface area contributed by atoms with E-state index in [0.29, 0.717) is 24.1 Å². The molecular formula is C26H29N3O5. The number of hydrazone groups is 1. The van der Waals surface area contributed by atoms with E-state index in [1.165, 1.54) is 37.6 Å². The second kappa shape index (κ2) is 10.3. The number of anilines is 1. The molecule has 2 aromatic carbocycles. The van der Waals surface area contributed by atoms with Crippen LogP contribution in [0, 0.1) is 0 Å². The van der Waals surface area contributed by atoms with Crippen molar-refractivity contribution in [2.45, 2.75) is 32.6 Å². The van der Waals surface area contributed by atoms with Gasteiger partial charge in [0.15, 0.2) is 0 Å². The summed E-state index contributed by atoms with van der Waals surface area (Å²) in [5.74, 6) is -0.000982. The molecular weight excluding hydrogens is 434 g/mol. The van der Waals surface area contributed by atoms with Gasteiger partial charge in [-0.1, -0.05) is 13.8 Å². The van der Waals surface area contributed by atoms with E-state index in [0.717, 1.165) is 22.7 Å². The molecule has 0 fully saturated rings. The lowest BCUT2D eigenvalue weighted by Gasteiger charge is -2.26. The van der Waals surface area contributed by atoms with Crippen molar-refractivity contribution in [3.8, 4) is 5.75 Å². The summed E-state index contributed by atoms with van der Waals surface area (Å²) in [4.78, 5) is 37.7. The lowest BCUT2D eigenvalue weighted by molar-refractivity contribution is -0.116. The van der Waals surface area contributed by atoms with Crippen molar-refractivity contribution < 1.29 is 23.9 Å². The molecule has 1 amide bonds. The Hall–Kier alpha value is -3.94. The summed E-state index contributed by atoms with van der Waals surface area (Å²) in [7, 11) is 2.93. The van der Waals surface area contributed by atoms with E-state index >= 15 is 0 Å². The predicted molar refractivity (Wildman–Crippen MR) is 130 cm³/mol. The Morgan fingerprint density at radius 1 is 1.06 bits per heavy atom. The summed E-state index contributed by atoms with van der Waals surface area (Å²) < 4.78 is 10.1. The first-order valence-electron chi connectivity index (χ1n) is 10.9. The van der Waals surface area contributed by atoms with Crippen molar-refractivity contribution in [3.63, 3.8) is 0 Å². The molecule has 0 bridgehead atoms. The van der Waals surface area contributed by atoms with Gasteiger partial charge < -0.3 is 14.4 Å². The lowest BCUT2D eigenvalue weighted by Crippen LogP contribution is -2.28. The number of hydrogen-bond donors (Lipinski definition) is 1. The number of benzene rings is 2. The van der Waals surface area contributed by atoms with Crippen LogP contribution in [-0.4, -0.2) is 44.6 Å². The van der Waals surface area contributed by atoms with Gasteiger partial charge in [-0.25, -0.2) is 10.2 Å². The Bertz CT molecular complexity index is 1150. The van der Waals surface area contributed by atoms with E-state index in [2.05, 4.69) is 34.0 Å². The molecule has 3 rings (SSSR count). The quantitative estimate of drug-likeness (QED) is 0.363. The van der Waals surface area contributed by atoms with Crippen LogP contribution in [0.2, 0.25) is 0 Å². The van der Waals surface area contributed by atoms with Crippen molar-refractivity contribution in [1.29, 1.82) is 0 Å². The van der Waals surface area contributed by atoms with Crippen molar-refractivity contribution in [2.75, 3.05) is 25.7 Å². The third kappa shape index (κ3) is 5.17. The third-order valence-electron chi connectivity index (χ3n) is 5.83. The second-order valence-corrected chi connectivity index (χ2v) is 8.45. The number of methoxy groups -OCH3 is 2. The van der Waals surface area contributed by atoms with Crippen molar-refractivity contribution >= 4 is 29.6 Å². The van der Waals surface area contributed by atoms with Crippen molar-refractivity contribution in [3.05, 3.63) is 70.9 Å². The summed E-state index contributed by atoms with van der Waals surface area (Å²) in [6.45, 7) is 6.31. The average Bonchev–Trinajstić information content (AvgIpc) is 3.05. The maximum atomic E-state index is 12.4. The van der Waals surface area contributed by atoms with Crippen LogP contribution in [-0.2, 0) is 14.9 Å². The zero-order chi connectivity index (χ0) is 24.9. The Morgan fingerprint density at radius 3 is 2.35 bits per heavy atom. The van der Waals surface area contributed by atoms with E-state index in [4.69, 9.17) is 4.74 Å². The van der Waals surface area contributed by atoms with Crippen LogP contribution in [0.1, 0.15) is 53.5 Å². The molecule has 0 spiro atoms. The van der Waals surface area contributed by atoms with Crippen molar-refractivity contribution in [2.24, 2.45) is 5.10 Å². The molecule has 1 N–H and O–H groups in total. The SMILES string of the molecule is COC(=O)c1ccc(C(=O)N/N=C/C=C2\N(CCC(C)=O)c3ccc(OC)cc3C2(C)C)cc1. The van der Waals surface area contributed by atoms with Crippen LogP contribution in [0.15, 0.2) is 59.3 Å². The van der Waals surface area contributed by atoms with Crippen LogP contribution >= 0.6 is 0 Å². The molecule has 0 saturated carbocycles. The molecule has 1 aliphatic rings. The summed E-state index contributed by atoms with van der Waals surface area (Å²) in [5.41, 5.74) is 5.91. The number of nitrogens with zero attached hydrogens (tertiary/aromatic N) is 2. The average molecular weight is 464 g/mol. The molecule has 0 saturated heterocycles. The van der Waals surface area contributed by atoms with Crippen molar-refractivity contribution in [1.82, 2.24) is 5.43 Å². The van der Waals surface area contributed by atoms with Gasteiger partial charge in [-0.2, -0.15) is 5.10 Å². The Labute approximate surface area is 199 Å². The number of nitrogens with one attached hydrogen (secondary N) is 1. The molecule has 0 radical (unpaired) electrons. The van der Waals surface area contributed by atoms with E-state index in [9.17, 15) is 14.4 Å². The number of ether oxygens (including phenoxy) is 2. The number of esters is 1. The van der Waals surface area contributed by atoms with Gasteiger partial charge in [-0.05, 0) is 61.0 Å². The second-order valence-electron chi connectivity index (χ2n) is 8.45. The molecule has 1 aliphatic heterocycles. The minimum Gasteiger partial charge on any atom is -0.497 e. The topological polar surface area (TPSA) is 97.3 Å². The van der Waals surface area contributed by atoms with E-state index in [1.807, 2.05) is 24.3 Å². The molecule has 1 heterocycles. The normalized spacial score (nSPS) is 15.3. The number of carbonyl (C=O) groups is 3. The lowest BCUT2D eigenvalue weighted by atomic mass is 9.83. The minimum absolute atomic E-state index is 0.110. The van der Waals surface area contributed by atoms with Crippen LogP contribution in [0.4, 0.5) is 5.69 Å². The van der Waals surface area contributed by atoms with Gasteiger partial charge in [0, 0.05) is 41.5 Å². The highest BCUT2D eigenvalue weighted by Crippen LogP contribution is 2.48. The van der Waals surface area contributed by atoms with Crippen LogP contribution in [0.25, 0.3) is 0 Å².